The van der Waals surface area contributed by atoms with Gasteiger partial charge in [-0.2, -0.15) is 0 Å². The fourth-order valence-electron chi connectivity index (χ4n) is 7.90. The molecule has 2 bridgehead atoms. The molecule has 3 fully saturated rings. The molecule has 2 aromatic carbocycles. The number of hydrogen-bond donors (Lipinski definition) is 2. The summed E-state index contributed by atoms with van der Waals surface area (Å²) in [5.41, 5.74) is 2.44. The molecule has 5 nitrogen and oxygen atoms in total. The minimum Gasteiger partial charge on any atom is -0.504 e. The number of rotatable bonds is 5. The van der Waals surface area contributed by atoms with E-state index in [9.17, 15) is 10.2 Å². The van der Waals surface area contributed by atoms with Crippen LogP contribution in [0.25, 0.3) is 0 Å². The zero-order valence-electron chi connectivity index (χ0n) is 19.4. The summed E-state index contributed by atoms with van der Waals surface area (Å²) in [6, 6.07) is 14.8. The van der Waals surface area contributed by atoms with Gasteiger partial charge in [0.05, 0.1) is 11.0 Å². The van der Waals surface area contributed by atoms with E-state index in [4.69, 9.17) is 4.74 Å². The summed E-state index contributed by atoms with van der Waals surface area (Å²) in [4.78, 5) is 5.01. The number of ether oxygens (including phenoxy) is 1. The number of nitrogens with zero attached hydrogens (tertiary/aromatic N) is 2. The van der Waals surface area contributed by atoms with Gasteiger partial charge in [0.2, 0.25) is 0 Å². The Labute approximate surface area is 196 Å². The SMILES string of the molecule is CN(Cc1ccccc1)[C@H]1CC[C@@]2(O)[C@H]3Cc4ccc(O)c5c4C2(CCN3CC2CC2)[C@H]1O5. The van der Waals surface area contributed by atoms with Crippen molar-refractivity contribution in [3.63, 3.8) is 0 Å². The van der Waals surface area contributed by atoms with Gasteiger partial charge in [-0.3, -0.25) is 9.80 Å². The molecular formula is C28H34N2O3. The fourth-order valence-corrected chi connectivity index (χ4v) is 7.90. The van der Waals surface area contributed by atoms with Crippen molar-refractivity contribution in [3.8, 4) is 11.5 Å². The molecule has 174 valence electrons. The van der Waals surface area contributed by atoms with Gasteiger partial charge in [0, 0.05) is 30.7 Å². The lowest BCUT2D eigenvalue weighted by Crippen LogP contribution is -2.78. The third-order valence-electron chi connectivity index (χ3n) is 9.57. The molecule has 7 rings (SSSR count). The molecule has 0 radical (unpaired) electrons. The van der Waals surface area contributed by atoms with Crippen LogP contribution < -0.4 is 4.74 Å². The number of hydrogen-bond acceptors (Lipinski definition) is 5. The zero-order chi connectivity index (χ0) is 22.4. The number of likely N-dealkylation sites (tertiary alicyclic amines) is 1. The van der Waals surface area contributed by atoms with Crippen LogP contribution in [0.15, 0.2) is 42.5 Å². The van der Waals surface area contributed by atoms with Crippen LogP contribution in [0, 0.1) is 5.92 Å². The first-order chi connectivity index (χ1) is 16.0. The quantitative estimate of drug-likeness (QED) is 0.737. The van der Waals surface area contributed by atoms with Crippen LogP contribution in [0.2, 0.25) is 0 Å². The molecule has 2 saturated carbocycles. The molecule has 2 N–H and O–H groups in total. The number of phenols is 1. The van der Waals surface area contributed by atoms with Crippen molar-refractivity contribution in [2.75, 3.05) is 20.1 Å². The van der Waals surface area contributed by atoms with Gasteiger partial charge in [0.15, 0.2) is 11.5 Å². The average molecular weight is 447 g/mol. The lowest BCUT2D eigenvalue weighted by Gasteiger charge is -2.64. The van der Waals surface area contributed by atoms with Crippen molar-refractivity contribution < 1.29 is 14.9 Å². The van der Waals surface area contributed by atoms with E-state index in [1.54, 1.807) is 6.07 Å². The topological polar surface area (TPSA) is 56.2 Å². The maximum Gasteiger partial charge on any atom is 0.165 e. The first-order valence-electron chi connectivity index (χ1n) is 12.7. The summed E-state index contributed by atoms with van der Waals surface area (Å²) < 4.78 is 6.70. The molecule has 1 saturated heterocycles. The molecule has 0 aromatic heterocycles. The Bertz CT molecular complexity index is 1090. The first kappa shape index (κ1) is 20.3. The summed E-state index contributed by atoms with van der Waals surface area (Å²) in [5.74, 6) is 1.68. The van der Waals surface area contributed by atoms with Crippen molar-refractivity contribution in [1.82, 2.24) is 9.80 Å². The molecule has 2 aromatic rings. The smallest absolute Gasteiger partial charge is 0.165 e. The van der Waals surface area contributed by atoms with E-state index < -0.39 is 11.0 Å². The van der Waals surface area contributed by atoms with Crippen molar-refractivity contribution in [3.05, 3.63) is 59.2 Å². The zero-order valence-corrected chi connectivity index (χ0v) is 19.4. The summed E-state index contributed by atoms with van der Waals surface area (Å²) >= 11 is 0. The van der Waals surface area contributed by atoms with Crippen molar-refractivity contribution >= 4 is 0 Å². The summed E-state index contributed by atoms with van der Waals surface area (Å²) in [6.45, 7) is 2.98. The molecule has 33 heavy (non-hydrogen) atoms. The van der Waals surface area contributed by atoms with Crippen LogP contribution in [0.5, 0.6) is 11.5 Å². The van der Waals surface area contributed by atoms with Crippen molar-refractivity contribution in [2.45, 2.75) is 74.3 Å². The first-order valence-corrected chi connectivity index (χ1v) is 12.7. The van der Waals surface area contributed by atoms with E-state index in [1.165, 1.54) is 24.0 Å². The van der Waals surface area contributed by atoms with Gasteiger partial charge < -0.3 is 14.9 Å². The molecule has 5 heteroatoms. The van der Waals surface area contributed by atoms with Gasteiger partial charge in [-0.25, -0.2) is 0 Å². The second-order valence-corrected chi connectivity index (χ2v) is 11.3. The molecule has 2 heterocycles. The lowest BCUT2D eigenvalue weighted by atomic mass is 9.48. The highest BCUT2D eigenvalue weighted by Crippen LogP contribution is 2.66. The van der Waals surface area contributed by atoms with E-state index in [0.29, 0.717) is 5.75 Å². The van der Waals surface area contributed by atoms with Gasteiger partial charge in [-0.1, -0.05) is 36.4 Å². The third kappa shape index (κ3) is 2.70. The normalized spacial score (nSPS) is 36.5. The monoisotopic (exact) mass is 446 g/mol. The Morgan fingerprint density at radius 2 is 1.91 bits per heavy atom. The summed E-state index contributed by atoms with van der Waals surface area (Å²) in [7, 11) is 2.19. The van der Waals surface area contributed by atoms with Crippen LogP contribution in [0.1, 0.15) is 48.8 Å². The van der Waals surface area contributed by atoms with Gasteiger partial charge in [0.25, 0.3) is 0 Å². The molecule has 3 aliphatic carbocycles. The van der Waals surface area contributed by atoms with Crippen LogP contribution in [-0.4, -0.2) is 63.9 Å². The standard InChI is InChI=1S/C28H34N2O3/c1-29(16-18-5-3-2-4-6-18)21-11-12-28(32)23-15-20-9-10-22(31)25-24(20)27(28,26(21)33-25)13-14-30(23)17-19-7-8-19/h2-6,9-10,19,21,23,26,31-32H,7-8,11-17H2,1H3/t21-,23+,26-,27?,28+/m0/s1. The maximum atomic E-state index is 12.6. The Hall–Kier alpha value is -2.08. The molecule has 5 aliphatic rings. The van der Waals surface area contributed by atoms with Crippen LogP contribution in [0.3, 0.4) is 0 Å². The van der Waals surface area contributed by atoms with Crippen LogP contribution in [0.4, 0.5) is 0 Å². The minimum atomic E-state index is -0.805. The van der Waals surface area contributed by atoms with E-state index in [1.807, 2.05) is 0 Å². The highest BCUT2D eigenvalue weighted by molar-refractivity contribution is 5.62. The maximum absolute atomic E-state index is 12.6. The van der Waals surface area contributed by atoms with Gasteiger partial charge in [-0.15, -0.1) is 0 Å². The molecular weight excluding hydrogens is 412 g/mol. The Morgan fingerprint density at radius 3 is 2.70 bits per heavy atom. The van der Waals surface area contributed by atoms with Gasteiger partial charge in [-0.05, 0) is 75.2 Å². The average Bonchev–Trinajstić information content (AvgIpc) is 3.55. The molecule has 2 aliphatic heterocycles. The number of phenolic OH excluding ortho intramolecular Hbond substituents is 1. The van der Waals surface area contributed by atoms with E-state index in [2.05, 4.69) is 53.2 Å². The Kier molecular flexibility index (Phi) is 4.29. The van der Waals surface area contributed by atoms with Crippen LogP contribution in [-0.2, 0) is 18.4 Å². The predicted octanol–water partition coefficient (Wildman–Crippen LogP) is 3.46. The number of benzene rings is 2. The summed E-state index contributed by atoms with van der Waals surface area (Å²) in [6.07, 6.45) is 5.98. The molecule has 1 unspecified atom stereocenters. The number of aromatic hydroxyl groups is 1. The predicted molar refractivity (Wildman–Crippen MR) is 126 cm³/mol. The van der Waals surface area contributed by atoms with Crippen molar-refractivity contribution in [2.24, 2.45) is 5.92 Å². The second kappa shape index (κ2) is 6.97. The molecule has 5 atom stereocenters. The highest BCUT2D eigenvalue weighted by Gasteiger charge is 2.73. The number of piperidine rings is 1. The third-order valence-corrected chi connectivity index (χ3v) is 9.57. The Balaban J connectivity index is 1.31. The molecule has 0 amide bonds. The largest absolute Gasteiger partial charge is 0.504 e. The lowest BCUT2D eigenvalue weighted by molar-refractivity contribution is -0.200. The number of aliphatic hydroxyl groups is 1. The van der Waals surface area contributed by atoms with E-state index in [0.717, 1.165) is 56.8 Å². The number of likely N-dealkylation sites (N-methyl/N-ethyl adjacent to an activating group) is 1. The van der Waals surface area contributed by atoms with Crippen LogP contribution >= 0.6 is 0 Å². The fraction of sp³-hybridized carbons (Fsp3) is 0.571. The van der Waals surface area contributed by atoms with Gasteiger partial charge in [0.1, 0.15) is 6.10 Å². The van der Waals surface area contributed by atoms with E-state index >= 15 is 0 Å². The highest BCUT2D eigenvalue weighted by atomic mass is 16.5. The molecule has 1 spiro atoms. The second-order valence-electron chi connectivity index (χ2n) is 11.3. The van der Waals surface area contributed by atoms with Gasteiger partial charge >= 0.3 is 0 Å². The Morgan fingerprint density at radius 1 is 1.09 bits per heavy atom. The minimum absolute atomic E-state index is 0.140. The van der Waals surface area contributed by atoms with E-state index in [-0.39, 0.29) is 23.9 Å². The van der Waals surface area contributed by atoms with Crippen molar-refractivity contribution in [1.29, 1.82) is 0 Å². The summed E-state index contributed by atoms with van der Waals surface area (Å²) in [5, 5.41) is 23.4.